The highest BCUT2D eigenvalue weighted by atomic mass is 32.2. The van der Waals surface area contributed by atoms with Gasteiger partial charge in [-0.15, -0.1) is 0 Å². The average molecular weight is 478 g/mol. The van der Waals surface area contributed by atoms with Gasteiger partial charge in [0.15, 0.2) is 6.10 Å². The largest absolute Gasteiger partial charge is 0.425 e. The first-order chi connectivity index (χ1) is 15.5. The van der Waals surface area contributed by atoms with Crippen LogP contribution in [0.2, 0.25) is 0 Å². The van der Waals surface area contributed by atoms with E-state index in [2.05, 4.69) is 4.72 Å². The number of carbonyl (C=O) groups is 1. The quantitative estimate of drug-likeness (QED) is 0.552. The Morgan fingerprint density at radius 3 is 2.12 bits per heavy atom. The van der Waals surface area contributed by atoms with Gasteiger partial charge in [-0.25, -0.2) is 17.9 Å². The molecule has 1 aliphatic heterocycles. The molecule has 0 amide bonds. The summed E-state index contributed by atoms with van der Waals surface area (Å²) in [7, 11) is -4.00. The van der Waals surface area contributed by atoms with Crippen molar-refractivity contribution in [1.82, 2.24) is 4.72 Å². The van der Waals surface area contributed by atoms with E-state index < -0.39 is 39.7 Å². The van der Waals surface area contributed by atoms with Gasteiger partial charge in [0.05, 0.1) is 10.9 Å². The van der Waals surface area contributed by atoms with Crippen LogP contribution in [0.25, 0.3) is 0 Å². The lowest BCUT2D eigenvalue weighted by atomic mass is 9.99. The lowest BCUT2D eigenvalue weighted by molar-refractivity contribution is -0.416. The van der Waals surface area contributed by atoms with E-state index in [1.807, 2.05) is 6.92 Å². The molecular formula is C24H31NO7S. The number of hydrogen-bond acceptors (Lipinski definition) is 7. The van der Waals surface area contributed by atoms with Crippen LogP contribution in [0.5, 0.6) is 0 Å². The van der Waals surface area contributed by atoms with Crippen molar-refractivity contribution in [3.8, 4) is 0 Å². The molecule has 2 aromatic carbocycles. The molecule has 0 aromatic heterocycles. The van der Waals surface area contributed by atoms with Crippen LogP contribution in [-0.2, 0) is 33.8 Å². The average Bonchev–Trinajstić information content (AvgIpc) is 2.76. The molecule has 0 spiro atoms. The van der Waals surface area contributed by atoms with Crippen LogP contribution in [0, 0.1) is 6.92 Å². The Balaban J connectivity index is 2.02. The molecule has 180 valence electrons. The Morgan fingerprint density at radius 1 is 0.970 bits per heavy atom. The second-order valence-electron chi connectivity index (χ2n) is 8.04. The third kappa shape index (κ3) is 5.28. The Hall–Kier alpha value is -2.30. The Kier molecular flexibility index (Phi) is 7.60. The number of benzene rings is 2. The highest BCUT2D eigenvalue weighted by molar-refractivity contribution is 7.89. The summed E-state index contributed by atoms with van der Waals surface area (Å²) in [6, 6.07) is 14.1. The highest BCUT2D eigenvalue weighted by Crippen LogP contribution is 2.41. The molecule has 33 heavy (non-hydrogen) atoms. The fraction of sp³-hybridized carbons (Fsp3) is 0.458. The number of rotatable bonds is 9. The molecule has 8 nitrogen and oxygen atoms in total. The van der Waals surface area contributed by atoms with E-state index in [9.17, 15) is 13.2 Å². The molecule has 9 heteroatoms. The molecule has 1 saturated heterocycles. The van der Waals surface area contributed by atoms with Crippen LogP contribution in [0.1, 0.15) is 44.9 Å². The molecule has 3 rings (SSSR count). The molecule has 0 unspecified atom stereocenters. The summed E-state index contributed by atoms with van der Waals surface area (Å²) in [5.41, 5.74) is 1.46. The zero-order valence-electron chi connectivity index (χ0n) is 19.5. The van der Waals surface area contributed by atoms with Crippen LogP contribution in [0.4, 0.5) is 0 Å². The minimum Gasteiger partial charge on any atom is -0.425 e. The number of carbonyl (C=O) groups excluding carboxylic acids is 1. The van der Waals surface area contributed by atoms with Gasteiger partial charge in [0, 0.05) is 20.1 Å². The number of esters is 1. The third-order valence-corrected chi connectivity index (χ3v) is 7.08. The summed E-state index contributed by atoms with van der Waals surface area (Å²) >= 11 is 0. The van der Waals surface area contributed by atoms with Crippen molar-refractivity contribution in [2.45, 2.75) is 63.2 Å². The van der Waals surface area contributed by atoms with Gasteiger partial charge < -0.3 is 18.9 Å². The lowest BCUT2D eigenvalue weighted by Crippen LogP contribution is -2.66. The maximum atomic E-state index is 13.2. The molecular weight excluding hydrogens is 446 g/mol. The van der Waals surface area contributed by atoms with Gasteiger partial charge >= 0.3 is 5.97 Å². The fourth-order valence-corrected chi connectivity index (χ4v) is 4.96. The highest BCUT2D eigenvalue weighted by Gasteiger charge is 2.60. The van der Waals surface area contributed by atoms with Crippen LogP contribution in [0.15, 0.2) is 59.5 Å². The molecule has 0 saturated carbocycles. The van der Waals surface area contributed by atoms with Crippen LogP contribution in [-0.4, -0.2) is 45.3 Å². The van der Waals surface area contributed by atoms with Crippen molar-refractivity contribution in [2.75, 3.05) is 13.2 Å². The van der Waals surface area contributed by atoms with Gasteiger partial charge in [0.25, 0.3) is 5.79 Å². The Bertz CT molecular complexity index is 1060. The van der Waals surface area contributed by atoms with Crippen molar-refractivity contribution in [3.63, 3.8) is 0 Å². The normalized spacial score (nSPS) is 26.6. The van der Waals surface area contributed by atoms with E-state index in [1.54, 1.807) is 70.2 Å². The number of sulfonamides is 1. The zero-order chi connectivity index (χ0) is 24.3. The Labute approximate surface area is 195 Å². The lowest BCUT2D eigenvalue weighted by Gasteiger charge is -2.49. The molecule has 0 aliphatic carbocycles. The number of aryl methyl sites for hydroxylation is 1. The number of hydrogen-bond donors (Lipinski definition) is 1. The standard InChI is InChI=1S/C24H31NO7S/c1-6-29-23(4)24(5,30-7-2)32-22(26)21(31-23)20(18-11-9-8-10-12-18)25-33(27,28)19-15-13-17(3)14-16-19/h8-16,20-21,25H,6-7H2,1-5H3/t20-,21-,23+,24+/m1/s1. The minimum atomic E-state index is -4.00. The first-order valence-corrected chi connectivity index (χ1v) is 12.4. The van der Waals surface area contributed by atoms with E-state index >= 15 is 0 Å². The summed E-state index contributed by atoms with van der Waals surface area (Å²) in [4.78, 5) is 13.2. The van der Waals surface area contributed by atoms with Crippen molar-refractivity contribution in [2.24, 2.45) is 0 Å². The molecule has 1 fully saturated rings. The summed E-state index contributed by atoms with van der Waals surface area (Å²) < 4.78 is 52.4. The van der Waals surface area contributed by atoms with Crippen LogP contribution in [0.3, 0.4) is 0 Å². The minimum absolute atomic E-state index is 0.0740. The predicted molar refractivity (Wildman–Crippen MR) is 122 cm³/mol. The maximum absolute atomic E-state index is 13.2. The smallest absolute Gasteiger partial charge is 0.340 e. The van der Waals surface area contributed by atoms with E-state index in [0.717, 1.165) is 5.56 Å². The Morgan fingerprint density at radius 2 is 1.55 bits per heavy atom. The number of nitrogens with one attached hydrogen (secondary N) is 1. The SMILES string of the molecule is CCO[C@@]1(C)OC(=O)[C@@H]([C@H](NS(=O)(=O)c2ccc(C)cc2)c2ccccc2)O[C@]1(C)OCC. The van der Waals surface area contributed by atoms with Gasteiger partial charge in [0.2, 0.25) is 15.8 Å². The van der Waals surface area contributed by atoms with Crippen molar-refractivity contribution < 1.29 is 32.2 Å². The molecule has 1 N–H and O–H groups in total. The molecule has 2 aromatic rings. The van der Waals surface area contributed by atoms with Gasteiger partial charge in [-0.2, -0.15) is 0 Å². The topological polar surface area (TPSA) is 100 Å². The van der Waals surface area contributed by atoms with Crippen LogP contribution >= 0.6 is 0 Å². The monoisotopic (exact) mass is 477 g/mol. The zero-order valence-corrected chi connectivity index (χ0v) is 20.3. The second-order valence-corrected chi connectivity index (χ2v) is 9.75. The molecule has 1 aliphatic rings. The number of cyclic esters (lactones) is 1. The summed E-state index contributed by atoms with van der Waals surface area (Å²) in [5.74, 6) is -3.75. The maximum Gasteiger partial charge on any atom is 0.340 e. The van der Waals surface area contributed by atoms with Crippen molar-refractivity contribution in [1.29, 1.82) is 0 Å². The van der Waals surface area contributed by atoms with E-state index in [1.165, 1.54) is 12.1 Å². The van der Waals surface area contributed by atoms with Crippen LogP contribution < -0.4 is 4.72 Å². The molecule has 0 radical (unpaired) electrons. The summed E-state index contributed by atoms with van der Waals surface area (Å²) in [6.07, 6.45) is -1.32. The first kappa shape index (κ1) is 25.3. The summed E-state index contributed by atoms with van der Waals surface area (Å²) in [6.45, 7) is 9.10. The van der Waals surface area contributed by atoms with Gasteiger partial charge in [-0.05, 0) is 45.4 Å². The number of ether oxygens (including phenoxy) is 4. The first-order valence-electron chi connectivity index (χ1n) is 10.9. The van der Waals surface area contributed by atoms with E-state index in [-0.39, 0.29) is 18.1 Å². The van der Waals surface area contributed by atoms with Crippen molar-refractivity contribution in [3.05, 3.63) is 65.7 Å². The predicted octanol–water partition coefficient (Wildman–Crippen LogP) is 3.46. The van der Waals surface area contributed by atoms with Gasteiger partial charge in [-0.1, -0.05) is 48.0 Å². The summed E-state index contributed by atoms with van der Waals surface area (Å²) in [5, 5.41) is 0. The molecule has 0 bridgehead atoms. The van der Waals surface area contributed by atoms with E-state index in [4.69, 9.17) is 18.9 Å². The fourth-order valence-electron chi connectivity index (χ4n) is 3.74. The second kappa shape index (κ2) is 9.90. The molecule has 1 heterocycles. The van der Waals surface area contributed by atoms with Gasteiger partial charge in [0.1, 0.15) is 0 Å². The van der Waals surface area contributed by atoms with Gasteiger partial charge in [-0.3, -0.25) is 0 Å². The molecule has 4 atom stereocenters. The van der Waals surface area contributed by atoms with Crippen molar-refractivity contribution >= 4 is 16.0 Å². The van der Waals surface area contributed by atoms with E-state index in [0.29, 0.717) is 5.56 Å². The third-order valence-electron chi connectivity index (χ3n) is 5.62.